The molecule has 0 bridgehead atoms. The number of hydrogen-bond acceptors (Lipinski definition) is 6. The number of carboxylic acid groups (broad SMARTS) is 3. The van der Waals surface area contributed by atoms with Gasteiger partial charge in [-0.25, -0.2) is 0 Å². The average Bonchev–Trinajstić information content (AvgIpc) is 2.67. The zero-order valence-electron chi connectivity index (χ0n) is 17.5. The molecule has 0 aromatic carbocycles. The summed E-state index contributed by atoms with van der Waals surface area (Å²) < 4.78 is 0. The number of unbranched alkanes of at least 4 members (excludes halogenated alkanes) is 6. The fraction of sp³-hybridized carbons (Fsp3) is 0.842. The first-order valence-corrected chi connectivity index (χ1v) is 9.67. The van der Waals surface area contributed by atoms with Gasteiger partial charge in [0.15, 0.2) is 0 Å². The predicted octanol–water partition coefficient (Wildman–Crippen LogP) is 2.51. The minimum Gasteiger partial charge on any atom is -0.481 e. The van der Waals surface area contributed by atoms with E-state index in [1.54, 1.807) is 13.8 Å². The molecule has 28 heavy (non-hydrogen) atoms. The van der Waals surface area contributed by atoms with Gasteiger partial charge in [-0.3, -0.25) is 14.4 Å². The van der Waals surface area contributed by atoms with Gasteiger partial charge in [0.05, 0.1) is 13.2 Å². The standard InChI is InChI=1S/C10H20O2.C3H8O3.2C3H6O2/c1-2-3-4-5-6-7-8-9-10(11)12;4-1-3(6)2-5;2*1-2-3(4)5/h2-9H2,1H3,(H,11,12);3-6H,1-2H2;2*2H2,1H3,(H,4,5). The maximum Gasteiger partial charge on any atom is 0.303 e. The second kappa shape index (κ2) is 30.0. The molecular weight excluding hydrogens is 372 g/mol. The highest BCUT2D eigenvalue weighted by atomic mass is 16.4. The van der Waals surface area contributed by atoms with Crippen molar-refractivity contribution in [1.82, 2.24) is 0 Å². The minimum atomic E-state index is -0.954. The predicted molar refractivity (Wildman–Crippen MR) is 106 cm³/mol. The average molecular weight is 413 g/mol. The summed E-state index contributed by atoms with van der Waals surface area (Å²) in [4.78, 5) is 28.9. The summed E-state index contributed by atoms with van der Waals surface area (Å²) in [5.74, 6) is -2.15. The van der Waals surface area contributed by atoms with Crippen LogP contribution in [0, 0.1) is 0 Å². The smallest absolute Gasteiger partial charge is 0.303 e. The molecule has 0 aromatic rings. The zero-order valence-corrected chi connectivity index (χ0v) is 17.5. The molecule has 0 unspecified atom stereocenters. The van der Waals surface area contributed by atoms with Crippen molar-refractivity contribution in [2.45, 2.75) is 91.1 Å². The lowest BCUT2D eigenvalue weighted by atomic mass is 10.1. The molecule has 0 radical (unpaired) electrons. The van der Waals surface area contributed by atoms with Gasteiger partial charge < -0.3 is 30.6 Å². The number of carboxylic acids is 3. The van der Waals surface area contributed by atoms with Crippen molar-refractivity contribution in [3.8, 4) is 0 Å². The number of aliphatic hydroxyl groups excluding tert-OH is 3. The molecule has 0 atom stereocenters. The van der Waals surface area contributed by atoms with Crippen LogP contribution in [0.2, 0.25) is 0 Å². The Morgan fingerprint density at radius 2 is 0.964 bits per heavy atom. The third-order valence-electron chi connectivity index (χ3n) is 3.02. The maximum absolute atomic E-state index is 10.1. The highest BCUT2D eigenvalue weighted by Gasteiger charge is 1.95. The summed E-state index contributed by atoms with van der Waals surface area (Å²) in [7, 11) is 0. The van der Waals surface area contributed by atoms with Crippen LogP contribution >= 0.6 is 0 Å². The second-order valence-electron chi connectivity index (χ2n) is 5.78. The SMILES string of the molecule is CCC(=O)O.CCC(=O)O.CCCCCCCCCC(=O)O.OCC(O)CO. The van der Waals surface area contributed by atoms with Crippen molar-refractivity contribution in [3.63, 3.8) is 0 Å². The molecule has 6 N–H and O–H groups in total. The van der Waals surface area contributed by atoms with Crippen LogP contribution < -0.4 is 0 Å². The molecule has 0 rings (SSSR count). The van der Waals surface area contributed by atoms with Crippen LogP contribution in [0.5, 0.6) is 0 Å². The second-order valence-corrected chi connectivity index (χ2v) is 5.78. The van der Waals surface area contributed by atoms with Crippen molar-refractivity contribution in [1.29, 1.82) is 0 Å². The normalized spacial score (nSPS) is 9.11. The molecule has 170 valence electrons. The van der Waals surface area contributed by atoms with Gasteiger partial charge in [-0.05, 0) is 6.42 Å². The maximum atomic E-state index is 10.1. The summed E-state index contributed by atoms with van der Waals surface area (Å²) >= 11 is 0. The molecule has 0 amide bonds. The van der Waals surface area contributed by atoms with Crippen molar-refractivity contribution in [2.24, 2.45) is 0 Å². The van der Waals surface area contributed by atoms with E-state index in [-0.39, 0.29) is 26.1 Å². The lowest BCUT2D eigenvalue weighted by molar-refractivity contribution is -0.138. The highest BCUT2D eigenvalue weighted by molar-refractivity contribution is 5.66. The first kappa shape index (κ1) is 33.8. The molecule has 0 fully saturated rings. The van der Waals surface area contributed by atoms with Gasteiger partial charge >= 0.3 is 17.9 Å². The van der Waals surface area contributed by atoms with Crippen molar-refractivity contribution in [3.05, 3.63) is 0 Å². The number of aliphatic hydroxyl groups is 3. The molecule has 0 aromatic heterocycles. The van der Waals surface area contributed by atoms with E-state index in [0.717, 1.165) is 12.8 Å². The van der Waals surface area contributed by atoms with Gasteiger partial charge in [0.1, 0.15) is 6.10 Å². The Kier molecular flexibility index (Phi) is 36.3. The largest absolute Gasteiger partial charge is 0.481 e. The van der Waals surface area contributed by atoms with Crippen LogP contribution in [0.25, 0.3) is 0 Å². The van der Waals surface area contributed by atoms with Gasteiger partial charge in [-0.15, -0.1) is 0 Å². The first-order valence-electron chi connectivity index (χ1n) is 9.67. The molecule has 0 spiro atoms. The lowest BCUT2D eigenvalue weighted by Gasteiger charge is -1.98. The quantitative estimate of drug-likeness (QED) is 0.263. The van der Waals surface area contributed by atoms with E-state index in [0.29, 0.717) is 6.42 Å². The third kappa shape index (κ3) is 56.4. The molecule has 9 nitrogen and oxygen atoms in total. The van der Waals surface area contributed by atoms with Gasteiger partial charge in [0.2, 0.25) is 0 Å². The Balaban J connectivity index is -0.000000152. The van der Waals surface area contributed by atoms with Gasteiger partial charge in [0, 0.05) is 19.3 Å². The van der Waals surface area contributed by atoms with Crippen LogP contribution in [-0.2, 0) is 14.4 Å². The Labute approximate surface area is 168 Å². The monoisotopic (exact) mass is 412 g/mol. The molecule has 0 aliphatic carbocycles. The van der Waals surface area contributed by atoms with Crippen molar-refractivity contribution < 1.29 is 45.0 Å². The zero-order chi connectivity index (χ0) is 22.8. The fourth-order valence-corrected chi connectivity index (χ4v) is 1.29. The van der Waals surface area contributed by atoms with E-state index < -0.39 is 24.0 Å². The molecule has 0 heterocycles. The van der Waals surface area contributed by atoms with E-state index in [2.05, 4.69) is 6.92 Å². The third-order valence-corrected chi connectivity index (χ3v) is 3.02. The van der Waals surface area contributed by atoms with Crippen LogP contribution in [0.4, 0.5) is 0 Å². The van der Waals surface area contributed by atoms with E-state index in [1.807, 2.05) is 0 Å². The van der Waals surface area contributed by atoms with Crippen LogP contribution in [0.1, 0.15) is 85.0 Å². The van der Waals surface area contributed by atoms with E-state index in [4.69, 9.17) is 30.6 Å². The molecule has 0 aliphatic rings. The fourth-order valence-electron chi connectivity index (χ4n) is 1.29. The lowest BCUT2D eigenvalue weighted by Crippen LogP contribution is -2.15. The Hall–Kier alpha value is -1.71. The van der Waals surface area contributed by atoms with Gasteiger partial charge in [-0.1, -0.05) is 59.3 Å². The summed E-state index contributed by atoms with van der Waals surface area (Å²) in [5, 5.41) is 47.8. The van der Waals surface area contributed by atoms with Crippen LogP contribution in [0.15, 0.2) is 0 Å². The summed E-state index contributed by atoms with van der Waals surface area (Å²) in [6.07, 6.45) is 8.13. The van der Waals surface area contributed by atoms with E-state index in [9.17, 15) is 14.4 Å². The minimum absolute atomic E-state index is 0.222. The van der Waals surface area contributed by atoms with Gasteiger partial charge in [0.25, 0.3) is 0 Å². The van der Waals surface area contributed by atoms with E-state index in [1.165, 1.54) is 32.1 Å². The molecule has 9 heteroatoms. The van der Waals surface area contributed by atoms with Crippen molar-refractivity contribution in [2.75, 3.05) is 13.2 Å². The van der Waals surface area contributed by atoms with E-state index >= 15 is 0 Å². The summed E-state index contributed by atoms with van der Waals surface area (Å²) in [6, 6.07) is 0. The number of hydrogen-bond donors (Lipinski definition) is 6. The molecule has 0 aliphatic heterocycles. The number of aliphatic carboxylic acids is 3. The summed E-state index contributed by atoms with van der Waals surface area (Å²) in [6.45, 7) is 4.67. The van der Waals surface area contributed by atoms with Crippen molar-refractivity contribution >= 4 is 17.9 Å². The Morgan fingerprint density at radius 3 is 1.18 bits per heavy atom. The highest BCUT2D eigenvalue weighted by Crippen LogP contribution is 2.07. The number of rotatable bonds is 12. The Morgan fingerprint density at radius 1 is 0.643 bits per heavy atom. The molecule has 0 saturated carbocycles. The molecule has 0 saturated heterocycles. The van der Waals surface area contributed by atoms with Crippen LogP contribution in [-0.4, -0.2) is 67.9 Å². The first-order chi connectivity index (χ1) is 13.1. The molecular formula is C19H40O9. The Bertz CT molecular complexity index is 328. The topological polar surface area (TPSA) is 173 Å². The van der Waals surface area contributed by atoms with Crippen LogP contribution in [0.3, 0.4) is 0 Å². The van der Waals surface area contributed by atoms with Gasteiger partial charge in [-0.2, -0.15) is 0 Å². The number of carbonyl (C=O) groups is 3. The summed E-state index contributed by atoms with van der Waals surface area (Å²) in [5.41, 5.74) is 0.